The van der Waals surface area contributed by atoms with Gasteiger partial charge in [-0.15, -0.1) is 0 Å². The molecule has 1 heterocycles. The number of hydrogen-bond acceptors (Lipinski definition) is 3. The molecule has 0 spiro atoms. The first-order valence-electron chi connectivity index (χ1n) is 5.83. The summed E-state index contributed by atoms with van der Waals surface area (Å²) in [6.45, 7) is 7.38. The Balaban J connectivity index is 1.65. The van der Waals surface area contributed by atoms with E-state index < -0.39 is 0 Å². The molecule has 0 aliphatic carbocycles. The molecule has 1 saturated heterocycles. The minimum Gasteiger partial charge on any atom is -0.378 e. The van der Waals surface area contributed by atoms with E-state index in [2.05, 4.69) is 48.5 Å². The molecule has 0 radical (unpaired) electrons. The predicted octanol–water partition coefficient (Wildman–Crippen LogP) is 3.05. The van der Waals surface area contributed by atoms with Crippen molar-refractivity contribution < 1.29 is 4.74 Å². The Kier molecular flexibility index (Phi) is 4.27. The van der Waals surface area contributed by atoms with E-state index in [4.69, 9.17) is 4.74 Å². The topological polar surface area (TPSA) is 12.5 Å². The third-order valence-electron chi connectivity index (χ3n) is 2.57. The summed E-state index contributed by atoms with van der Waals surface area (Å²) in [5, 5.41) is 0. The Bertz CT molecular complexity index is 309. The average molecular weight is 237 g/mol. The van der Waals surface area contributed by atoms with Crippen molar-refractivity contribution in [1.82, 2.24) is 4.31 Å². The summed E-state index contributed by atoms with van der Waals surface area (Å²) < 4.78 is 8.00. The SMILES string of the molecule is CC(C)OCC1CN(Sc2ccccc2)C1. The zero-order valence-electron chi connectivity index (χ0n) is 9.93. The summed E-state index contributed by atoms with van der Waals surface area (Å²) in [5.74, 6) is 0.721. The predicted molar refractivity (Wildman–Crippen MR) is 68.5 cm³/mol. The molecule has 1 fully saturated rings. The third kappa shape index (κ3) is 3.51. The Labute approximate surface area is 102 Å². The number of nitrogens with zero attached hydrogens (tertiary/aromatic N) is 1. The van der Waals surface area contributed by atoms with Gasteiger partial charge in [0.25, 0.3) is 0 Å². The molecule has 3 heteroatoms. The molecule has 0 aromatic heterocycles. The Morgan fingerprint density at radius 3 is 2.62 bits per heavy atom. The fourth-order valence-electron chi connectivity index (χ4n) is 1.66. The van der Waals surface area contributed by atoms with Crippen LogP contribution in [-0.2, 0) is 4.74 Å². The lowest BCUT2D eigenvalue weighted by atomic mass is 10.1. The van der Waals surface area contributed by atoms with Gasteiger partial charge < -0.3 is 4.74 Å². The maximum Gasteiger partial charge on any atom is 0.0522 e. The van der Waals surface area contributed by atoms with Crippen molar-refractivity contribution >= 4 is 11.9 Å². The van der Waals surface area contributed by atoms with Crippen molar-refractivity contribution in [2.24, 2.45) is 5.92 Å². The van der Waals surface area contributed by atoms with Crippen LogP contribution in [0.4, 0.5) is 0 Å². The van der Waals surface area contributed by atoms with Gasteiger partial charge in [0.05, 0.1) is 12.7 Å². The summed E-state index contributed by atoms with van der Waals surface area (Å²) in [5.41, 5.74) is 0. The van der Waals surface area contributed by atoms with Crippen molar-refractivity contribution in [2.75, 3.05) is 19.7 Å². The molecular weight excluding hydrogens is 218 g/mol. The maximum atomic E-state index is 5.61. The first-order chi connectivity index (χ1) is 7.74. The zero-order valence-corrected chi connectivity index (χ0v) is 10.7. The number of rotatable bonds is 5. The molecule has 1 aliphatic rings. The van der Waals surface area contributed by atoms with Crippen LogP contribution < -0.4 is 0 Å². The van der Waals surface area contributed by atoms with Crippen LogP contribution in [0.25, 0.3) is 0 Å². The highest BCUT2D eigenvalue weighted by molar-refractivity contribution is 7.97. The Hall–Kier alpha value is -0.510. The van der Waals surface area contributed by atoms with Crippen molar-refractivity contribution in [3.05, 3.63) is 30.3 Å². The van der Waals surface area contributed by atoms with E-state index in [1.54, 1.807) is 0 Å². The van der Waals surface area contributed by atoms with Gasteiger partial charge in [0.15, 0.2) is 0 Å². The van der Waals surface area contributed by atoms with Crippen LogP contribution in [0.5, 0.6) is 0 Å². The van der Waals surface area contributed by atoms with E-state index in [-0.39, 0.29) is 0 Å². The second kappa shape index (κ2) is 5.71. The summed E-state index contributed by atoms with van der Waals surface area (Å²) in [4.78, 5) is 1.32. The number of ether oxygens (including phenoxy) is 1. The van der Waals surface area contributed by atoms with Gasteiger partial charge >= 0.3 is 0 Å². The quantitative estimate of drug-likeness (QED) is 0.730. The molecule has 0 N–H and O–H groups in total. The van der Waals surface area contributed by atoms with Gasteiger partial charge in [-0.3, -0.25) is 0 Å². The molecule has 16 heavy (non-hydrogen) atoms. The minimum atomic E-state index is 0.357. The molecular formula is C13H19NOS. The second-order valence-electron chi connectivity index (χ2n) is 4.50. The molecule has 0 saturated carbocycles. The van der Waals surface area contributed by atoms with Crippen molar-refractivity contribution in [2.45, 2.75) is 24.8 Å². The normalized spacial score (nSPS) is 17.7. The Morgan fingerprint density at radius 1 is 1.31 bits per heavy atom. The Morgan fingerprint density at radius 2 is 2.00 bits per heavy atom. The molecule has 1 aliphatic heterocycles. The molecule has 88 valence electrons. The van der Waals surface area contributed by atoms with Crippen LogP contribution in [0.1, 0.15) is 13.8 Å². The molecule has 1 aromatic rings. The second-order valence-corrected chi connectivity index (χ2v) is 5.67. The first-order valence-corrected chi connectivity index (χ1v) is 6.61. The van der Waals surface area contributed by atoms with Crippen molar-refractivity contribution in [3.8, 4) is 0 Å². The molecule has 2 rings (SSSR count). The van der Waals surface area contributed by atoms with Gasteiger partial charge in [-0.25, -0.2) is 4.31 Å². The molecule has 0 amide bonds. The highest BCUT2D eigenvalue weighted by Gasteiger charge is 2.27. The fourth-order valence-corrected chi connectivity index (χ4v) is 2.81. The van der Waals surface area contributed by atoms with E-state index in [9.17, 15) is 0 Å². The van der Waals surface area contributed by atoms with Gasteiger partial charge in [0.1, 0.15) is 0 Å². The van der Waals surface area contributed by atoms with Gasteiger partial charge in [-0.1, -0.05) is 18.2 Å². The lowest BCUT2D eigenvalue weighted by Crippen LogP contribution is -2.44. The summed E-state index contributed by atoms with van der Waals surface area (Å²) in [6.07, 6.45) is 0.357. The molecule has 1 aromatic carbocycles. The maximum absolute atomic E-state index is 5.61. The largest absolute Gasteiger partial charge is 0.378 e. The van der Waals surface area contributed by atoms with Crippen LogP contribution in [0, 0.1) is 5.92 Å². The van der Waals surface area contributed by atoms with E-state index >= 15 is 0 Å². The fraction of sp³-hybridized carbons (Fsp3) is 0.538. The molecule has 0 bridgehead atoms. The van der Waals surface area contributed by atoms with Crippen LogP contribution in [0.15, 0.2) is 35.2 Å². The van der Waals surface area contributed by atoms with Gasteiger partial charge in [0.2, 0.25) is 0 Å². The summed E-state index contributed by atoms with van der Waals surface area (Å²) >= 11 is 1.85. The van der Waals surface area contributed by atoms with Crippen molar-refractivity contribution in [3.63, 3.8) is 0 Å². The van der Waals surface area contributed by atoms with Gasteiger partial charge in [-0.05, 0) is 37.9 Å². The van der Waals surface area contributed by atoms with Crippen molar-refractivity contribution in [1.29, 1.82) is 0 Å². The van der Waals surface area contributed by atoms with Crippen LogP contribution >= 0.6 is 11.9 Å². The van der Waals surface area contributed by atoms with E-state index in [1.165, 1.54) is 4.90 Å². The smallest absolute Gasteiger partial charge is 0.0522 e. The van der Waals surface area contributed by atoms with Gasteiger partial charge in [-0.2, -0.15) is 0 Å². The standard InChI is InChI=1S/C13H19NOS/c1-11(2)15-10-12-8-14(9-12)16-13-6-4-3-5-7-13/h3-7,11-12H,8-10H2,1-2H3. The van der Waals surface area contributed by atoms with E-state index in [0.29, 0.717) is 6.10 Å². The summed E-state index contributed by atoms with van der Waals surface area (Å²) in [7, 11) is 0. The lowest BCUT2D eigenvalue weighted by Gasteiger charge is -2.38. The average Bonchev–Trinajstić information content (AvgIpc) is 2.22. The zero-order chi connectivity index (χ0) is 11.4. The van der Waals surface area contributed by atoms with E-state index in [0.717, 1.165) is 25.6 Å². The summed E-state index contributed by atoms with van der Waals surface area (Å²) in [6, 6.07) is 10.5. The third-order valence-corrected chi connectivity index (χ3v) is 3.61. The van der Waals surface area contributed by atoms with Gasteiger partial charge in [0, 0.05) is 23.9 Å². The van der Waals surface area contributed by atoms with E-state index in [1.807, 2.05) is 11.9 Å². The highest BCUT2D eigenvalue weighted by Crippen LogP contribution is 2.30. The first kappa shape index (κ1) is 12.0. The van der Waals surface area contributed by atoms with Crippen LogP contribution in [0.2, 0.25) is 0 Å². The number of hydrogen-bond donors (Lipinski definition) is 0. The number of benzene rings is 1. The minimum absolute atomic E-state index is 0.357. The monoisotopic (exact) mass is 237 g/mol. The molecule has 2 nitrogen and oxygen atoms in total. The van der Waals surface area contributed by atoms with Crippen LogP contribution in [-0.4, -0.2) is 30.1 Å². The van der Waals surface area contributed by atoms with Crippen LogP contribution in [0.3, 0.4) is 0 Å². The highest BCUT2D eigenvalue weighted by atomic mass is 32.2. The lowest BCUT2D eigenvalue weighted by molar-refractivity contribution is 0.0191. The molecule has 0 unspecified atom stereocenters. The molecule has 0 atom stereocenters.